The number of nitrogens with one attached hydrogen (secondary N) is 1. The van der Waals surface area contributed by atoms with Gasteiger partial charge in [-0.15, -0.1) is 11.3 Å². The molecule has 2 aromatic heterocycles. The van der Waals surface area contributed by atoms with E-state index >= 15 is 0 Å². The van der Waals surface area contributed by atoms with Gasteiger partial charge in [0.1, 0.15) is 21.1 Å². The monoisotopic (exact) mass is 327 g/mol. The lowest BCUT2D eigenvalue weighted by molar-refractivity contribution is 0.601. The Morgan fingerprint density at radius 2 is 2.10 bits per heavy atom. The molecule has 0 aliphatic rings. The lowest BCUT2D eigenvalue weighted by atomic mass is 10.2. The number of nitriles is 1. The molecule has 1 N–H and O–H groups in total. The zero-order chi connectivity index (χ0) is 14.9. The molecule has 0 unspecified atom stereocenters. The van der Waals surface area contributed by atoms with Crippen molar-refractivity contribution in [3.63, 3.8) is 0 Å². The number of hydrogen-bond acceptors (Lipinski definition) is 5. The standard InChI is InChI=1S/C12H10ClN3O2S2/c1-7-8(2)19-12(10(7)5-14)16-20(17,18)9-3-4-11(13)15-6-9/h3-4,6,16H,1-2H3. The van der Waals surface area contributed by atoms with Crippen molar-refractivity contribution in [2.24, 2.45) is 0 Å². The summed E-state index contributed by atoms with van der Waals surface area (Å²) in [7, 11) is -3.78. The summed E-state index contributed by atoms with van der Waals surface area (Å²) in [6.07, 6.45) is 1.17. The maximum atomic E-state index is 12.2. The van der Waals surface area contributed by atoms with Crippen molar-refractivity contribution < 1.29 is 8.42 Å². The second kappa shape index (κ2) is 5.40. The number of sulfonamides is 1. The third kappa shape index (κ3) is 2.77. The maximum Gasteiger partial charge on any atom is 0.264 e. The molecular weight excluding hydrogens is 318 g/mol. The van der Waals surface area contributed by atoms with Gasteiger partial charge in [-0.25, -0.2) is 13.4 Å². The minimum atomic E-state index is -3.78. The summed E-state index contributed by atoms with van der Waals surface area (Å²) < 4.78 is 26.8. The fourth-order valence-corrected chi connectivity index (χ4v) is 3.91. The van der Waals surface area contributed by atoms with Crippen molar-refractivity contribution in [2.45, 2.75) is 18.7 Å². The van der Waals surface area contributed by atoms with E-state index in [9.17, 15) is 8.42 Å². The lowest BCUT2D eigenvalue weighted by Gasteiger charge is -2.06. The highest BCUT2D eigenvalue weighted by molar-refractivity contribution is 7.93. The Kier molecular flexibility index (Phi) is 3.99. The highest BCUT2D eigenvalue weighted by Gasteiger charge is 2.20. The minimum absolute atomic E-state index is 0.00510. The van der Waals surface area contributed by atoms with E-state index in [2.05, 4.69) is 9.71 Å². The molecular formula is C12H10ClN3O2S2. The largest absolute Gasteiger partial charge is 0.269 e. The maximum absolute atomic E-state index is 12.2. The van der Waals surface area contributed by atoms with Crippen molar-refractivity contribution in [3.05, 3.63) is 39.5 Å². The number of hydrogen-bond donors (Lipinski definition) is 1. The first-order valence-corrected chi connectivity index (χ1v) is 8.17. The third-order valence-corrected chi connectivity index (χ3v) is 5.55. The molecule has 0 radical (unpaired) electrons. The van der Waals surface area contributed by atoms with Crippen LogP contribution in [0.2, 0.25) is 5.15 Å². The first-order chi connectivity index (χ1) is 9.35. The molecule has 2 aromatic rings. The Morgan fingerprint density at radius 1 is 1.40 bits per heavy atom. The molecule has 0 spiro atoms. The number of rotatable bonds is 3. The van der Waals surface area contributed by atoms with Crippen LogP contribution in [0.5, 0.6) is 0 Å². The van der Waals surface area contributed by atoms with E-state index in [0.29, 0.717) is 10.6 Å². The SMILES string of the molecule is Cc1sc(NS(=O)(=O)c2ccc(Cl)nc2)c(C#N)c1C. The second-order valence-corrected chi connectivity index (χ2v) is 7.32. The summed E-state index contributed by atoms with van der Waals surface area (Å²) in [5, 5.41) is 9.64. The van der Waals surface area contributed by atoms with Gasteiger partial charge in [0, 0.05) is 11.1 Å². The van der Waals surface area contributed by atoms with Crippen LogP contribution in [-0.4, -0.2) is 13.4 Å². The van der Waals surface area contributed by atoms with Crippen LogP contribution in [0, 0.1) is 25.2 Å². The molecule has 8 heteroatoms. The first kappa shape index (κ1) is 14.8. The van der Waals surface area contributed by atoms with Gasteiger partial charge in [-0.05, 0) is 31.5 Å². The molecule has 0 amide bonds. The number of nitrogens with zero attached hydrogens (tertiary/aromatic N) is 2. The number of halogens is 1. The van der Waals surface area contributed by atoms with Gasteiger partial charge in [-0.3, -0.25) is 4.72 Å². The van der Waals surface area contributed by atoms with Crippen molar-refractivity contribution in [2.75, 3.05) is 4.72 Å². The molecule has 104 valence electrons. The van der Waals surface area contributed by atoms with E-state index in [1.807, 2.05) is 13.0 Å². The van der Waals surface area contributed by atoms with Crippen molar-refractivity contribution >= 4 is 38.0 Å². The molecule has 0 aliphatic carbocycles. The molecule has 0 bridgehead atoms. The van der Waals surface area contributed by atoms with Crippen molar-refractivity contribution in [1.82, 2.24) is 4.98 Å². The Morgan fingerprint density at radius 3 is 2.65 bits per heavy atom. The summed E-state index contributed by atoms with van der Waals surface area (Å²) in [5.41, 5.74) is 1.13. The fourth-order valence-electron chi connectivity index (χ4n) is 1.54. The van der Waals surface area contributed by atoms with Crippen LogP contribution in [0.4, 0.5) is 5.00 Å². The van der Waals surface area contributed by atoms with Crippen LogP contribution in [-0.2, 0) is 10.0 Å². The van der Waals surface area contributed by atoms with E-state index < -0.39 is 10.0 Å². The molecule has 2 heterocycles. The number of aryl methyl sites for hydroxylation is 1. The van der Waals surface area contributed by atoms with Crippen molar-refractivity contribution in [1.29, 1.82) is 5.26 Å². The van der Waals surface area contributed by atoms with Crippen LogP contribution in [0.1, 0.15) is 16.0 Å². The van der Waals surface area contributed by atoms with Gasteiger partial charge in [0.25, 0.3) is 10.0 Å². The predicted molar refractivity (Wildman–Crippen MR) is 78.6 cm³/mol. The number of thiophene rings is 1. The van der Waals surface area contributed by atoms with Gasteiger partial charge < -0.3 is 0 Å². The second-order valence-electron chi connectivity index (χ2n) is 4.02. The van der Waals surface area contributed by atoms with E-state index in [1.54, 1.807) is 6.92 Å². The molecule has 0 fully saturated rings. The number of aromatic nitrogens is 1. The van der Waals surface area contributed by atoms with E-state index in [1.165, 1.54) is 29.7 Å². The van der Waals surface area contributed by atoms with Crippen LogP contribution in [0.15, 0.2) is 23.2 Å². The number of anilines is 1. The average Bonchev–Trinajstić information content (AvgIpc) is 2.64. The summed E-state index contributed by atoms with van der Waals surface area (Å²) in [4.78, 5) is 4.63. The van der Waals surface area contributed by atoms with Gasteiger partial charge in [-0.2, -0.15) is 5.26 Å². The van der Waals surface area contributed by atoms with Crippen LogP contribution in [0.3, 0.4) is 0 Å². The predicted octanol–water partition coefficient (Wildman–Crippen LogP) is 3.09. The van der Waals surface area contributed by atoms with E-state index in [0.717, 1.165) is 10.4 Å². The lowest BCUT2D eigenvalue weighted by Crippen LogP contribution is -2.13. The van der Waals surface area contributed by atoms with Crippen LogP contribution < -0.4 is 4.72 Å². The molecule has 0 aromatic carbocycles. The minimum Gasteiger partial charge on any atom is -0.269 e. The average molecular weight is 328 g/mol. The summed E-state index contributed by atoms with van der Waals surface area (Å²) in [6, 6.07) is 4.77. The molecule has 0 atom stereocenters. The van der Waals surface area contributed by atoms with Gasteiger partial charge in [0.2, 0.25) is 0 Å². The zero-order valence-corrected chi connectivity index (χ0v) is 13.0. The van der Waals surface area contributed by atoms with E-state index in [-0.39, 0.29) is 10.0 Å². The summed E-state index contributed by atoms with van der Waals surface area (Å²) in [5.74, 6) is 0. The molecule has 5 nitrogen and oxygen atoms in total. The third-order valence-electron chi connectivity index (χ3n) is 2.73. The Hall–Kier alpha value is -1.62. The van der Waals surface area contributed by atoms with Crippen molar-refractivity contribution in [3.8, 4) is 6.07 Å². The summed E-state index contributed by atoms with van der Waals surface area (Å²) >= 11 is 6.86. The van der Waals surface area contributed by atoms with Gasteiger partial charge >= 0.3 is 0 Å². The first-order valence-electron chi connectivity index (χ1n) is 5.49. The van der Waals surface area contributed by atoms with Crippen LogP contribution in [0.25, 0.3) is 0 Å². The normalized spacial score (nSPS) is 11.1. The quantitative estimate of drug-likeness (QED) is 0.878. The smallest absolute Gasteiger partial charge is 0.264 e. The van der Waals surface area contributed by atoms with Gasteiger partial charge in [0.15, 0.2) is 0 Å². The Labute approximate surface area is 125 Å². The van der Waals surface area contributed by atoms with Gasteiger partial charge in [-0.1, -0.05) is 11.6 Å². The molecule has 0 saturated carbocycles. The zero-order valence-electron chi connectivity index (χ0n) is 10.6. The fraction of sp³-hybridized carbons (Fsp3) is 0.167. The highest BCUT2D eigenvalue weighted by atomic mass is 35.5. The molecule has 2 rings (SSSR count). The Bertz CT molecular complexity index is 789. The summed E-state index contributed by atoms with van der Waals surface area (Å²) in [6.45, 7) is 3.62. The number of pyridine rings is 1. The Balaban J connectivity index is 2.41. The van der Waals surface area contributed by atoms with Crippen LogP contribution >= 0.6 is 22.9 Å². The van der Waals surface area contributed by atoms with E-state index in [4.69, 9.17) is 16.9 Å². The topological polar surface area (TPSA) is 82.8 Å². The van der Waals surface area contributed by atoms with Gasteiger partial charge in [0.05, 0.1) is 5.56 Å². The highest BCUT2D eigenvalue weighted by Crippen LogP contribution is 2.33. The molecule has 20 heavy (non-hydrogen) atoms. The molecule has 0 aliphatic heterocycles. The molecule has 0 saturated heterocycles.